The minimum absolute atomic E-state index is 0. The smallest absolute Gasteiger partial charge is 0.166 e. The van der Waals surface area contributed by atoms with Crippen molar-refractivity contribution in [1.82, 2.24) is 19.5 Å². The molecule has 122 valence electrons. The molecule has 1 saturated carbocycles. The number of rotatable bonds is 4. The molecule has 4 rings (SSSR count). The number of aromatic nitrogens is 4. The average Bonchev–Trinajstić information content (AvgIpc) is 3.28. The third kappa shape index (κ3) is 2.91. The quantitative estimate of drug-likeness (QED) is 0.739. The van der Waals surface area contributed by atoms with Crippen molar-refractivity contribution in [2.24, 2.45) is 0 Å². The van der Waals surface area contributed by atoms with Crippen molar-refractivity contribution in [1.29, 1.82) is 0 Å². The largest absolute Gasteiger partial charge is 0.365 e. The van der Waals surface area contributed by atoms with Gasteiger partial charge in [0.2, 0.25) is 0 Å². The van der Waals surface area contributed by atoms with Crippen LogP contribution >= 0.6 is 12.4 Å². The van der Waals surface area contributed by atoms with Crippen molar-refractivity contribution < 1.29 is 4.39 Å². The number of anilines is 1. The van der Waals surface area contributed by atoms with Gasteiger partial charge >= 0.3 is 0 Å². The lowest BCUT2D eigenvalue weighted by molar-refractivity contribution is 0.628. The molecular formula is C17H15ClFN5. The van der Waals surface area contributed by atoms with Crippen LogP contribution in [0.15, 0.2) is 30.6 Å². The number of terminal acetylenes is 1. The molecule has 2 aromatic heterocycles. The maximum atomic E-state index is 13.6. The normalized spacial score (nSPS) is 13.3. The first kappa shape index (κ1) is 16.2. The van der Waals surface area contributed by atoms with Crippen LogP contribution in [0.3, 0.4) is 0 Å². The van der Waals surface area contributed by atoms with E-state index in [1.165, 1.54) is 18.5 Å². The monoisotopic (exact) mass is 343 g/mol. The van der Waals surface area contributed by atoms with Gasteiger partial charge in [0.15, 0.2) is 17.0 Å². The molecule has 0 bridgehead atoms. The highest BCUT2D eigenvalue weighted by atomic mass is 35.5. The molecular weight excluding hydrogens is 329 g/mol. The van der Waals surface area contributed by atoms with Gasteiger partial charge in [0.05, 0.1) is 6.54 Å². The van der Waals surface area contributed by atoms with E-state index < -0.39 is 0 Å². The summed E-state index contributed by atoms with van der Waals surface area (Å²) in [5, 5.41) is 3.35. The van der Waals surface area contributed by atoms with E-state index >= 15 is 0 Å². The predicted octanol–water partition coefficient (Wildman–Crippen LogP) is 3.26. The molecule has 1 aromatic carbocycles. The van der Waals surface area contributed by atoms with Crippen LogP contribution in [0.4, 0.5) is 10.2 Å². The Morgan fingerprint density at radius 1 is 1.33 bits per heavy atom. The van der Waals surface area contributed by atoms with Crippen LogP contribution in [-0.2, 0) is 6.54 Å². The highest BCUT2D eigenvalue weighted by Crippen LogP contribution is 2.30. The van der Waals surface area contributed by atoms with E-state index in [1.807, 2.05) is 4.57 Å². The van der Waals surface area contributed by atoms with Crippen LogP contribution in [0.2, 0.25) is 0 Å². The third-order valence-corrected chi connectivity index (χ3v) is 3.78. The Morgan fingerprint density at radius 3 is 2.88 bits per heavy atom. The fourth-order valence-corrected chi connectivity index (χ4v) is 2.55. The van der Waals surface area contributed by atoms with E-state index in [2.05, 4.69) is 26.2 Å². The minimum Gasteiger partial charge on any atom is -0.365 e. The summed E-state index contributed by atoms with van der Waals surface area (Å²) in [6, 6.07) is 6.74. The van der Waals surface area contributed by atoms with Gasteiger partial charge in [-0.3, -0.25) is 4.57 Å². The Hall–Kier alpha value is -2.65. The zero-order valence-corrected chi connectivity index (χ0v) is 13.6. The minimum atomic E-state index is -0.316. The fourth-order valence-electron chi connectivity index (χ4n) is 2.55. The highest BCUT2D eigenvalue weighted by Gasteiger charge is 2.24. The summed E-state index contributed by atoms with van der Waals surface area (Å²) < 4.78 is 15.4. The summed E-state index contributed by atoms with van der Waals surface area (Å²) in [7, 11) is 0. The van der Waals surface area contributed by atoms with Gasteiger partial charge in [-0.15, -0.1) is 18.8 Å². The molecule has 0 unspecified atom stereocenters. The Morgan fingerprint density at radius 2 is 2.17 bits per heavy atom. The summed E-state index contributed by atoms with van der Waals surface area (Å²) in [4.78, 5) is 13.2. The van der Waals surface area contributed by atoms with Crippen LogP contribution in [0, 0.1) is 18.2 Å². The molecule has 7 heteroatoms. The molecule has 0 spiro atoms. The van der Waals surface area contributed by atoms with Gasteiger partial charge in [0.25, 0.3) is 0 Å². The van der Waals surface area contributed by atoms with Gasteiger partial charge < -0.3 is 5.32 Å². The van der Waals surface area contributed by atoms with E-state index in [4.69, 9.17) is 6.42 Å². The number of hydrogen-bond donors (Lipinski definition) is 1. The van der Waals surface area contributed by atoms with Crippen molar-refractivity contribution >= 4 is 29.4 Å². The van der Waals surface area contributed by atoms with Crippen LogP contribution < -0.4 is 5.32 Å². The lowest BCUT2D eigenvalue weighted by Gasteiger charge is -2.05. The number of nitrogens with zero attached hydrogens (tertiary/aromatic N) is 4. The molecule has 5 nitrogen and oxygen atoms in total. The summed E-state index contributed by atoms with van der Waals surface area (Å²) >= 11 is 0. The topological polar surface area (TPSA) is 55.6 Å². The molecule has 3 aromatic rings. The molecule has 0 aliphatic heterocycles. The maximum absolute atomic E-state index is 13.6. The second kappa shape index (κ2) is 6.46. The molecule has 1 aliphatic carbocycles. The van der Waals surface area contributed by atoms with E-state index in [-0.39, 0.29) is 18.2 Å². The third-order valence-electron chi connectivity index (χ3n) is 3.78. The molecule has 0 amide bonds. The number of imidazole rings is 1. The van der Waals surface area contributed by atoms with Crippen LogP contribution in [0.25, 0.3) is 22.6 Å². The van der Waals surface area contributed by atoms with E-state index in [0.29, 0.717) is 41.0 Å². The van der Waals surface area contributed by atoms with Crippen LogP contribution in [-0.4, -0.2) is 25.6 Å². The number of fused-ring (bicyclic) bond motifs is 1. The van der Waals surface area contributed by atoms with Gasteiger partial charge in [-0.1, -0.05) is 18.1 Å². The molecule has 1 fully saturated rings. The average molecular weight is 344 g/mol. The summed E-state index contributed by atoms with van der Waals surface area (Å²) in [6.45, 7) is 0.308. The Labute approximate surface area is 144 Å². The molecule has 1 N–H and O–H groups in total. The lowest BCUT2D eigenvalue weighted by atomic mass is 10.2. The Kier molecular flexibility index (Phi) is 4.36. The fraction of sp³-hybridized carbons (Fsp3) is 0.235. The van der Waals surface area contributed by atoms with Gasteiger partial charge in [-0.05, 0) is 25.0 Å². The zero-order chi connectivity index (χ0) is 15.8. The summed E-state index contributed by atoms with van der Waals surface area (Å²) in [5.74, 6) is 3.59. The molecule has 0 radical (unpaired) electrons. The molecule has 24 heavy (non-hydrogen) atoms. The number of nitrogens with one attached hydrogen (secondary N) is 1. The highest BCUT2D eigenvalue weighted by molar-refractivity contribution is 5.86. The van der Waals surface area contributed by atoms with Crippen molar-refractivity contribution in [3.63, 3.8) is 0 Å². The van der Waals surface area contributed by atoms with Crippen molar-refractivity contribution in [2.45, 2.75) is 25.4 Å². The first-order valence-corrected chi connectivity index (χ1v) is 7.43. The van der Waals surface area contributed by atoms with Crippen molar-refractivity contribution in [3.05, 3.63) is 36.4 Å². The number of halogens is 2. The van der Waals surface area contributed by atoms with Crippen molar-refractivity contribution in [2.75, 3.05) is 5.32 Å². The number of hydrogen-bond acceptors (Lipinski definition) is 4. The van der Waals surface area contributed by atoms with Crippen molar-refractivity contribution in [3.8, 4) is 23.7 Å². The molecule has 0 saturated heterocycles. The second-order valence-corrected chi connectivity index (χ2v) is 5.55. The Balaban J connectivity index is 0.00000169. The van der Waals surface area contributed by atoms with Gasteiger partial charge in [-0.2, -0.15) is 0 Å². The molecule has 0 atom stereocenters. The number of benzene rings is 1. The zero-order valence-electron chi connectivity index (χ0n) is 12.7. The lowest BCUT2D eigenvalue weighted by Crippen LogP contribution is -2.04. The van der Waals surface area contributed by atoms with Gasteiger partial charge in [0, 0.05) is 11.6 Å². The van der Waals surface area contributed by atoms with Gasteiger partial charge in [0.1, 0.15) is 18.0 Å². The summed E-state index contributed by atoms with van der Waals surface area (Å²) in [6.07, 6.45) is 9.25. The first-order chi connectivity index (χ1) is 11.3. The Bertz CT molecular complexity index is 926. The van der Waals surface area contributed by atoms with Crippen LogP contribution in [0.5, 0.6) is 0 Å². The molecule has 1 aliphatic rings. The molecule has 2 heterocycles. The van der Waals surface area contributed by atoms with Gasteiger partial charge in [-0.25, -0.2) is 19.3 Å². The van der Waals surface area contributed by atoms with Crippen LogP contribution in [0.1, 0.15) is 12.8 Å². The van der Waals surface area contributed by atoms with E-state index in [9.17, 15) is 4.39 Å². The SMILES string of the molecule is C#CCn1c(-c2cccc(F)c2)nc2c(NC3CC3)ncnc21.Cl. The second-order valence-electron chi connectivity index (χ2n) is 5.55. The predicted molar refractivity (Wildman–Crippen MR) is 93.4 cm³/mol. The summed E-state index contributed by atoms with van der Waals surface area (Å²) in [5.41, 5.74) is 1.98. The first-order valence-electron chi connectivity index (χ1n) is 7.43. The van der Waals surface area contributed by atoms with E-state index in [0.717, 1.165) is 12.8 Å². The maximum Gasteiger partial charge on any atom is 0.166 e. The standard InChI is InChI=1S/C17H14FN5.ClH/c1-2-8-23-16(11-4-3-5-12(18)9-11)22-14-15(21-13-6-7-13)19-10-20-17(14)23;/h1,3-5,9-10,13H,6-8H2,(H,19,20,21);1H. The van der Waals surface area contributed by atoms with E-state index in [1.54, 1.807) is 12.1 Å².